The van der Waals surface area contributed by atoms with Crippen LogP contribution in [-0.4, -0.2) is 28.9 Å². The van der Waals surface area contributed by atoms with Crippen LogP contribution in [0.5, 0.6) is 0 Å². The molecule has 0 aliphatic carbocycles. The average Bonchev–Trinajstić information content (AvgIpc) is 2.58. The van der Waals surface area contributed by atoms with E-state index in [0.29, 0.717) is 23.3 Å². The molecular weight excluding hydrogens is 355 g/mol. The van der Waals surface area contributed by atoms with Crippen LogP contribution in [0.2, 0.25) is 0 Å². The SMILES string of the molecule is C[C@@]([SiH3])(NC1(C#N)CN(c2ccccc2)C1)c1ccc(C(F)(F)F)cc1. The van der Waals surface area contributed by atoms with E-state index in [9.17, 15) is 18.4 Å². The molecule has 0 amide bonds. The fraction of sp³-hybridized carbons (Fsp3) is 0.316. The van der Waals surface area contributed by atoms with Crippen molar-refractivity contribution >= 4 is 15.9 Å². The van der Waals surface area contributed by atoms with E-state index in [1.165, 1.54) is 12.1 Å². The van der Waals surface area contributed by atoms with Gasteiger partial charge in [0.2, 0.25) is 0 Å². The van der Waals surface area contributed by atoms with E-state index in [4.69, 9.17) is 0 Å². The first-order chi connectivity index (χ1) is 12.2. The van der Waals surface area contributed by atoms with Crippen molar-refractivity contribution in [2.24, 2.45) is 0 Å². The lowest BCUT2D eigenvalue weighted by Gasteiger charge is -2.51. The highest BCUT2D eigenvalue weighted by Crippen LogP contribution is 2.33. The van der Waals surface area contributed by atoms with Gasteiger partial charge in [0.05, 0.1) is 24.7 Å². The Morgan fingerprint density at radius 3 is 2.08 bits per heavy atom. The number of anilines is 1. The Bertz CT molecular complexity index is 805. The summed E-state index contributed by atoms with van der Waals surface area (Å²) in [4.78, 5) is 2.11. The van der Waals surface area contributed by atoms with Crippen molar-refractivity contribution in [2.75, 3.05) is 18.0 Å². The summed E-state index contributed by atoms with van der Waals surface area (Å²) in [5, 5.41) is 12.6. The molecule has 1 aliphatic rings. The molecule has 1 fully saturated rings. The predicted molar refractivity (Wildman–Crippen MR) is 98.9 cm³/mol. The second kappa shape index (κ2) is 6.45. The fourth-order valence-corrected chi connectivity index (χ4v) is 4.16. The van der Waals surface area contributed by atoms with E-state index in [-0.39, 0.29) is 0 Å². The minimum atomic E-state index is -4.34. The van der Waals surface area contributed by atoms with Gasteiger partial charge in [-0.1, -0.05) is 30.3 Å². The average molecular weight is 375 g/mol. The predicted octanol–water partition coefficient (Wildman–Crippen LogP) is 2.62. The van der Waals surface area contributed by atoms with Crippen LogP contribution in [0.3, 0.4) is 0 Å². The number of benzene rings is 2. The molecule has 0 radical (unpaired) electrons. The molecule has 1 atom stereocenters. The number of nitrogens with one attached hydrogen (secondary N) is 1. The van der Waals surface area contributed by atoms with E-state index < -0.39 is 22.4 Å². The molecule has 2 aromatic carbocycles. The third-order valence-corrected chi connectivity index (χ3v) is 5.57. The molecule has 3 rings (SSSR count). The minimum absolute atomic E-state index is 0.497. The summed E-state index contributed by atoms with van der Waals surface area (Å²) in [6, 6.07) is 17.4. The van der Waals surface area contributed by atoms with E-state index in [1.807, 2.05) is 37.3 Å². The normalized spacial score (nSPS) is 18.7. The van der Waals surface area contributed by atoms with Crippen LogP contribution in [0, 0.1) is 11.3 Å². The minimum Gasteiger partial charge on any atom is -0.366 e. The quantitative estimate of drug-likeness (QED) is 0.835. The molecule has 1 aliphatic heterocycles. The van der Waals surface area contributed by atoms with Crippen molar-refractivity contribution in [1.82, 2.24) is 5.32 Å². The number of nitriles is 1. The van der Waals surface area contributed by atoms with Crippen LogP contribution in [-0.2, 0) is 11.3 Å². The van der Waals surface area contributed by atoms with Crippen LogP contribution in [0.1, 0.15) is 18.1 Å². The molecule has 0 aromatic heterocycles. The molecule has 0 unspecified atom stereocenters. The van der Waals surface area contributed by atoms with Crippen LogP contribution in [0.25, 0.3) is 0 Å². The van der Waals surface area contributed by atoms with Gasteiger partial charge in [0.15, 0.2) is 0 Å². The number of hydrogen-bond donors (Lipinski definition) is 1. The molecule has 1 heterocycles. The molecule has 26 heavy (non-hydrogen) atoms. The summed E-state index contributed by atoms with van der Waals surface area (Å²) in [5.74, 6) is 0. The maximum absolute atomic E-state index is 12.8. The topological polar surface area (TPSA) is 39.1 Å². The second-order valence-corrected chi connectivity index (χ2v) is 9.21. The van der Waals surface area contributed by atoms with Gasteiger partial charge in [-0.2, -0.15) is 18.4 Å². The Kier molecular flexibility index (Phi) is 4.59. The standard InChI is InChI=1S/C19H20F3N3Si/c1-17(26,14-7-9-15(10-8-14)19(20,21)22)24-18(11-23)12-25(13-18)16-5-3-2-4-6-16/h2-10,24H,12-13H2,1,26H3/t17-/m0/s1. The van der Waals surface area contributed by atoms with E-state index in [2.05, 4.69) is 16.3 Å². The number of hydrogen-bond acceptors (Lipinski definition) is 3. The molecule has 136 valence electrons. The lowest BCUT2D eigenvalue weighted by molar-refractivity contribution is -0.137. The zero-order chi connectivity index (χ0) is 19.0. The van der Waals surface area contributed by atoms with Crippen molar-refractivity contribution in [2.45, 2.75) is 23.8 Å². The van der Waals surface area contributed by atoms with E-state index >= 15 is 0 Å². The number of nitrogens with zero attached hydrogens (tertiary/aromatic N) is 2. The van der Waals surface area contributed by atoms with Crippen molar-refractivity contribution in [3.8, 4) is 6.07 Å². The zero-order valence-electron chi connectivity index (χ0n) is 14.6. The summed E-state index contributed by atoms with van der Waals surface area (Å²) in [7, 11) is 0.648. The van der Waals surface area contributed by atoms with Crippen LogP contribution in [0.15, 0.2) is 54.6 Å². The number of rotatable bonds is 4. The lowest BCUT2D eigenvalue weighted by Crippen LogP contribution is -2.72. The molecule has 7 heteroatoms. The van der Waals surface area contributed by atoms with Gasteiger partial charge in [-0.15, -0.1) is 0 Å². The zero-order valence-corrected chi connectivity index (χ0v) is 16.6. The van der Waals surface area contributed by atoms with Crippen molar-refractivity contribution in [1.29, 1.82) is 5.26 Å². The lowest BCUT2D eigenvalue weighted by atomic mass is 9.88. The largest absolute Gasteiger partial charge is 0.416 e. The molecule has 2 aromatic rings. The van der Waals surface area contributed by atoms with Gasteiger partial charge in [0.1, 0.15) is 5.54 Å². The highest BCUT2D eigenvalue weighted by atomic mass is 28.1. The summed E-state index contributed by atoms with van der Waals surface area (Å²) in [5.41, 5.74) is 0.469. The summed E-state index contributed by atoms with van der Waals surface area (Å²) >= 11 is 0. The Hall–Kier alpha value is -2.30. The third-order valence-electron chi connectivity index (χ3n) is 4.74. The number of alkyl halides is 3. The van der Waals surface area contributed by atoms with Gasteiger partial charge in [0, 0.05) is 21.1 Å². The molecule has 3 nitrogen and oxygen atoms in total. The highest BCUT2D eigenvalue weighted by Gasteiger charge is 2.46. The third kappa shape index (κ3) is 3.62. The fourth-order valence-electron chi connectivity index (χ4n) is 3.35. The number of halogens is 3. The first-order valence-electron chi connectivity index (χ1n) is 8.34. The van der Waals surface area contributed by atoms with Crippen molar-refractivity contribution < 1.29 is 13.2 Å². The van der Waals surface area contributed by atoms with Crippen molar-refractivity contribution in [3.63, 3.8) is 0 Å². The van der Waals surface area contributed by atoms with E-state index in [0.717, 1.165) is 23.4 Å². The molecule has 1 N–H and O–H groups in total. The summed E-state index contributed by atoms with van der Waals surface area (Å²) in [6.07, 6.45) is -4.34. The number of para-hydroxylation sites is 1. The van der Waals surface area contributed by atoms with Gasteiger partial charge in [-0.3, -0.25) is 5.32 Å². The van der Waals surface area contributed by atoms with E-state index in [1.54, 1.807) is 0 Å². The Balaban J connectivity index is 1.73. The maximum Gasteiger partial charge on any atom is 0.416 e. The van der Waals surface area contributed by atoms with Gasteiger partial charge in [0.25, 0.3) is 0 Å². The molecular formula is C19H20F3N3Si. The van der Waals surface area contributed by atoms with Gasteiger partial charge < -0.3 is 4.90 Å². The molecule has 1 saturated heterocycles. The summed E-state index contributed by atoms with van der Waals surface area (Å²) in [6.45, 7) is 3.03. The van der Waals surface area contributed by atoms with Gasteiger partial charge in [-0.25, -0.2) is 0 Å². The Morgan fingerprint density at radius 2 is 1.58 bits per heavy atom. The van der Waals surface area contributed by atoms with Crippen LogP contribution in [0.4, 0.5) is 18.9 Å². The van der Waals surface area contributed by atoms with Gasteiger partial charge in [-0.05, 0) is 36.8 Å². The van der Waals surface area contributed by atoms with Crippen LogP contribution >= 0.6 is 0 Å². The van der Waals surface area contributed by atoms with Gasteiger partial charge >= 0.3 is 6.18 Å². The first kappa shape index (κ1) is 18.5. The molecule has 0 saturated carbocycles. The van der Waals surface area contributed by atoms with Crippen LogP contribution < -0.4 is 10.2 Å². The van der Waals surface area contributed by atoms with Crippen molar-refractivity contribution in [3.05, 3.63) is 65.7 Å². The first-order valence-corrected chi connectivity index (χ1v) is 9.34. The maximum atomic E-state index is 12.8. The summed E-state index contributed by atoms with van der Waals surface area (Å²) < 4.78 is 38.3. The second-order valence-electron chi connectivity index (χ2n) is 7.21. The molecule has 0 bridgehead atoms. The Morgan fingerprint density at radius 1 is 1.04 bits per heavy atom. The monoisotopic (exact) mass is 375 g/mol. The molecule has 0 spiro atoms. The highest BCUT2D eigenvalue weighted by molar-refractivity contribution is 6.15. The smallest absolute Gasteiger partial charge is 0.366 e. The Labute approximate surface area is 153 Å².